The van der Waals surface area contributed by atoms with Crippen LogP contribution in [0.4, 0.5) is 5.69 Å². The van der Waals surface area contributed by atoms with E-state index in [1.54, 1.807) is 19.3 Å². The first-order valence-corrected chi connectivity index (χ1v) is 6.88. The fourth-order valence-corrected chi connectivity index (χ4v) is 1.92. The molecule has 1 heterocycles. The molecule has 110 valence electrons. The molecule has 0 saturated carbocycles. The maximum absolute atomic E-state index is 12.1. The number of pyridine rings is 1. The Kier molecular flexibility index (Phi) is 4.90. The Labute approximate surface area is 123 Å². The zero-order chi connectivity index (χ0) is 15.2. The minimum Gasteiger partial charge on any atom is -0.322 e. The number of aromatic nitrogens is 1. The summed E-state index contributed by atoms with van der Waals surface area (Å²) in [6.45, 7) is 3.69. The molecule has 5 nitrogen and oxygen atoms in total. The van der Waals surface area contributed by atoms with Crippen molar-refractivity contribution in [3.63, 3.8) is 0 Å². The molecule has 0 fully saturated rings. The summed E-state index contributed by atoms with van der Waals surface area (Å²) in [6.07, 6.45) is 1.58. The molecule has 1 aromatic heterocycles. The van der Waals surface area contributed by atoms with Crippen LogP contribution in [0.15, 0.2) is 47.4 Å². The summed E-state index contributed by atoms with van der Waals surface area (Å²) < 4.78 is 1.42. The first-order valence-electron chi connectivity index (χ1n) is 6.88. The lowest BCUT2D eigenvalue weighted by Crippen LogP contribution is -2.20. The molecule has 0 aliphatic rings. The number of benzene rings is 1. The largest absolute Gasteiger partial charge is 0.322 e. The third-order valence-corrected chi connectivity index (χ3v) is 3.13. The van der Waals surface area contributed by atoms with Crippen molar-refractivity contribution in [2.75, 3.05) is 11.9 Å². The number of amides is 1. The maximum Gasteiger partial charge on any atom is 0.255 e. The Bertz CT molecular complexity index is 692. The highest BCUT2D eigenvalue weighted by atomic mass is 16.2. The van der Waals surface area contributed by atoms with Gasteiger partial charge >= 0.3 is 0 Å². The number of rotatable bonds is 5. The van der Waals surface area contributed by atoms with Crippen molar-refractivity contribution in [1.82, 2.24) is 9.88 Å². The van der Waals surface area contributed by atoms with E-state index >= 15 is 0 Å². The molecule has 0 atom stereocenters. The van der Waals surface area contributed by atoms with Crippen LogP contribution in [0.1, 0.15) is 22.8 Å². The van der Waals surface area contributed by atoms with Gasteiger partial charge in [-0.05, 0) is 30.3 Å². The number of nitrogens with zero attached hydrogens (tertiary/aromatic N) is 1. The molecule has 0 bridgehead atoms. The van der Waals surface area contributed by atoms with E-state index in [0.29, 0.717) is 5.56 Å². The van der Waals surface area contributed by atoms with Crippen LogP contribution in [0.2, 0.25) is 0 Å². The number of aryl methyl sites for hydroxylation is 1. The molecule has 0 aliphatic heterocycles. The predicted molar refractivity (Wildman–Crippen MR) is 83.5 cm³/mol. The molecule has 5 heteroatoms. The minimum atomic E-state index is -0.284. The zero-order valence-electron chi connectivity index (χ0n) is 12.2. The Balaban J connectivity index is 2.11. The van der Waals surface area contributed by atoms with Crippen LogP contribution in [0.5, 0.6) is 0 Å². The van der Waals surface area contributed by atoms with E-state index in [1.165, 1.54) is 10.6 Å². The second-order valence-electron chi connectivity index (χ2n) is 4.80. The number of carbonyl (C=O) groups is 1. The van der Waals surface area contributed by atoms with Gasteiger partial charge in [-0.3, -0.25) is 9.59 Å². The van der Waals surface area contributed by atoms with E-state index in [0.717, 1.165) is 24.3 Å². The average molecular weight is 285 g/mol. The van der Waals surface area contributed by atoms with E-state index in [1.807, 2.05) is 31.2 Å². The summed E-state index contributed by atoms with van der Waals surface area (Å²) in [4.78, 5) is 23.7. The SMILES string of the molecule is CCNCc1cccc(NC(=O)c2ccn(C)c(=O)c2)c1. The summed E-state index contributed by atoms with van der Waals surface area (Å²) in [7, 11) is 1.65. The van der Waals surface area contributed by atoms with Gasteiger partial charge in [-0.1, -0.05) is 19.1 Å². The molecule has 1 amide bonds. The van der Waals surface area contributed by atoms with Crippen molar-refractivity contribution >= 4 is 11.6 Å². The molecule has 1 aromatic carbocycles. The number of hydrogen-bond donors (Lipinski definition) is 2. The Morgan fingerprint density at radius 1 is 1.24 bits per heavy atom. The standard InChI is InChI=1S/C16H19N3O2/c1-3-17-11-12-5-4-6-14(9-12)18-16(21)13-7-8-19(2)15(20)10-13/h4-10,17H,3,11H2,1-2H3,(H,18,21). The highest BCUT2D eigenvalue weighted by molar-refractivity contribution is 6.04. The quantitative estimate of drug-likeness (QED) is 0.879. The van der Waals surface area contributed by atoms with Gasteiger partial charge in [0.2, 0.25) is 0 Å². The monoisotopic (exact) mass is 285 g/mol. The van der Waals surface area contributed by atoms with Gasteiger partial charge in [0.25, 0.3) is 11.5 Å². The van der Waals surface area contributed by atoms with Gasteiger partial charge in [-0.25, -0.2) is 0 Å². The smallest absolute Gasteiger partial charge is 0.255 e. The van der Waals surface area contributed by atoms with Crippen LogP contribution in [0.3, 0.4) is 0 Å². The van der Waals surface area contributed by atoms with Crippen molar-refractivity contribution in [1.29, 1.82) is 0 Å². The van der Waals surface area contributed by atoms with E-state index in [2.05, 4.69) is 10.6 Å². The van der Waals surface area contributed by atoms with Crippen LogP contribution < -0.4 is 16.2 Å². The van der Waals surface area contributed by atoms with E-state index in [4.69, 9.17) is 0 Å². The normalized spacial score (nSPS) is 10.4. The first-order chi connectivity index (χ1) is 10.1. The summed E-state index contributed by atoms with van der Waals surface area (Å²) >= 11 is 0. The molecule has 0 aliphatic carbocycles. The Hall–Kier alpha value is -2.40. The van der Waals surface area contributed by atoms with Crippen molar-refractivity contribution < 1.29 is 4.79 Å². The van der Waals surface area contributed by atoms with E-state index in [-0.39, 0.29) is 11.5 Å². The second-order valence-corrected chi connectivity index (χ2v) is 4.80. The zero-order valence-corrected chi connectivity index (χ0v) is 12.2. The molecular weight excluding hydrogens is 266 g/mol. The van der Waals surface area contributed by atoms with Gasteiger partial charge in [0, 0.05) is 37.1 Å². The van der Waals surface area contributed by atoms with Gasteiger partial charge < -0.3 is 15.2 Å². The van der Waals surface area contributed by atoms with Gasteiger partial charge in [0.05, 0.1) is 0 Å². The lowest BCUT2D eigenvalue weighted by Gasteiger charge is -2.08. The molecular formula is C16H19N3O2. The van der Waals surface area contributed by atoms with Crippen molar-refractivity contribution in [3.05, 3.63) is 64.1 Å². The molecule has 21 heavy (non-hydrogen) atoms. The van der Waals surface area contributed by atoms with Crippen LogP contribution in [-0.2, 0) is 13.6 Å². The van der Waals surface area contributed by atoms with Gasteiger partial charge in [-0.2, -0.15) is 0 Å². The average Bonchev–Trinajstić information content (AvgIpc) is 2.48. The fourth-order valence-electron chi connectivity index (χ4n) is 1.92. The number of nitrogens with one attached hydrogen (secondary N) is 2. The van der Waals surface area contributed by atoms with Crippen molar-refractivity contribution in [2.24, 2.45) is 7.05 Å². The third kappa shape index (κ3) is 4.03. The fraction of sp³-hybridized carbons (Fsp3) is 0.250. The molecule has 0 spiro atoms. The summed E-state index contributed by atoms with van der Waals surface area (Å²) in [5, 5.41) is 6.04. The Morgan fingerprint density at radius 2 is 2.05 bits per heavy atom. The lowest BCUT2D eigenvalue weighted by molar-refractivity contribution is 0.102. The second kappa shape index (κ2) is 6.85. The number of carbonyl (C=O) groups excluding carboxylic acids is 1. The van der Waals surface area contributed by atoms with Crippen LogP contribution >= 0.6 is 0 Å². The number of anilines is 1. The van der Waals surface area contributed by atoms with E-state index < -0.39 is 0 Å². The van der Waals surface area contributed by atoms with E-state index in [9.17, 15) is 9.59 Å². The van der Waals surface area contributed by atoms with Crippen LogP contribution in [0.25, 0.3) is 0 Å². The third-order valence-electron chi connectivity index (χ3n) is 3.13. The molecule has 0 unspecified atom stereocenters. The minimum absolute atomic E-state index is 0.205. The molecule has 2 N–H and O–H groups in total. The summed E-state index contributed by atoms with van der Waals surface area (Å²) in [5.41, 5.74) is 1.97. The number of hydrogen-bond acceptors (Lipinski definition) is 3. The summed E-state index contributed by atoms with van der Waals surface area (Å²) in [6, 6.07) is 10.6. The van der Waals surface area contributed by atoms with Crippen LogP contribution in [-0.4, -0.2) is 17.0 Å². The van der Waals surface area contributed by atoms with Gasteiger partial charge in [-0.15, -0.1) is 0 Å². The molecule has 2 rings (SSSR count). The first kappa shape index (κ1) is 15.0. The Morgan fingerprint density at radius 3 is 2.76 bits per heavy atom. The highest BCUT2D eigenvalue weighted by Gasteiger charge is 2.07. The van der Waals surface area contributed by atoms with Crippen molar-refractivity contribution in [2.45, 2.75) is 13.5 Å². The van der Waals surface area contributed by atoms with Gasteiger partial charge in [0.15, 0.2) is 0 Å². The van der Waals surface area contributed by atoms with Gasteiger partial charge in [0.1, 0.15) is 0 Å². The highest BCUT2D eigenvalue weighted by Crippen LogP contribution is 2.12. The maximum atomic E-state index is 12.1. The predicted octanol–water partition coefficient (Wildman–Crippen LogP) is 1.75. The molecule has 2 aromatic rings. The van der Waals surface area contributed by atoms with Crippen molar-refractivity contribution in [3.8, 4) is 0 Å². The topological polar surface area (TPSA) is 63.1 Å². The molecule has 0 saturated heterocycles. The summed E-state index contributed by atoms with van der Waals surface area (Å²) in [5.74, 6) is -0.284. The molecule has 0 radical (unpaired) electrons. The van der Waals surface area contributed by atoms with Crippen LogP contribution in [0, 0.1) is 0 Å². The lowest BCUT2D eigenvalue weighted by atomic mass is 10.2.